The van der Waals surface area contributed by atoms with Crippen molar-refractivity contribution in [1.29, 1.82) is 0 Å². The van der Waals surface area contributed by atoms with Crippen molar-refractivity contribution in [1.82, 2.24) is 19.9 Å². The van der Waals surface area contributed by atoms with Crippen LogP contribution in [0.15, 0.2) is 65.7 Å². The van der Waals surface area contributed by atoms with Gasteiger partial charge in [-0.1, -0.05) is 54.2 Å². The molecule has 1 aliphatic rings. The van der Waals surface area contributed by atoms with Crippen molar-refractivity contribution in [2.24, 2.45) is 0 Å². The molecule has 0 aliphatic carbocycles. The summed E-state index contributed by atoms with van der Waals surface area (Å²) in [5.41, 5.74) is 3.09. The number of morpholine rings is 1. The van der Waals surface area contributed by atoms with E-state index in [9.17, 15) is 0 Å². The van der Waals surface area contributed by atoms with E-state index in [1.54, 1.807) is 11.8 Å². The third kappa shape index (κ3) is 4.24. The Morgan fingerprint density at radius 3 is 2.52 bits per heavy atom. The van der Waals surface area contributed by atoms with Crippen LogP contribution in [0.3, 0.4) is 0 Å². The van der Waals surface area contributed by atoms with Crippen LogP contribution in [0.25, 0.3) is 21.8 Å². The summed E-state index contributed by atoms with van der Waals surface area (Å²) in [5, 5.41) is 3.29. The topological polar surface area (TPSA) is 51.1 Å². The SMILES string of the molecule is c1ccc2nc(CSc3nc(CN4CCOCC4)nc4ccccc34)ccc2c1. The normalized spacial score (nSPS) is 15.2. The molecule has 5 nitrogen and oxygen atoms in total. The number of thioether (sulfide) groups is 1. The van der Waals surface area contributed by atoms with E-state index in [0.29, 0.717) is 0 Å². The lowest BCUT2D eigenvalue weighted by Gasteiger charge is -2.25. The lowest BCUT2D eigenvalue weighted by Crippen LogP contribution is -2.36. The molecule has 0 N–H and O–H groups in total. The van der Waals surface area contributed by atoms with E-state index in [2.05, 4.69) is 41.3 Å². The minimum absolute atomic E-state index is 0.760. The highest BCUT2D eigenvalue weighted by atomic mass is 32.2. The Balaban J connectivity index is 1.41. The predicted octanol–water partition coefficient (Wildman–Crippen LogP) is 4.30. The van der Waals surface area contributed by atoms with Crippen molar-refractivity contribution in [2.45, 2.75) is 17.3 Å². The number of benzene rings is 2. The largest absolute Gasteiger partial charge is 0.379 e. The van der Waals surface area contributed by atoms with Gasteiger partial charge in [0.05, 0.1) is 36.5 Å². The minimum atomic E-state index is 0.760. The first-order valence-corrected chi connectivity index (χ1v) is 10.9. The van der Waals surface area contributed by atoms with Crippen LogP contribution in [0.1, 0.15) is 11.5 Å². The fourth-order valence-electron chi connectivity index (χ4n) is 3.56. The number of para-hydroxylation sites is 2. The van der Waals surface area contributed by atoms with Crippen LogP contribution in [0, 0.1) is 0 Å². The average Bonchev–Trinajstić information content (AvgIpc) is 2.78. The lowest BCUT2D eigenvalue weighted by molar-refractivity contribution is 0.0330. The van der Waals surface area contributed by atoms with Gasteiger partial charge in [-0.3, -0.25) is 9.88 Å². The molecule has 1 aliphatic heterocycles. The number of hydrogen-bond acceptors (Lipinski definition) is 6. The molecule has 0 radical (unpaired) electrons. The highest BCUT2D eigenvalue weighted by molar-refractivity contribution is 7.98. The van der Waals surface area contributed by atoms with E-state index in [0.717, 1.165) is 71.6 Å². The quantitative estimate of drug-likeness (QED) is 0.366. The first-order chi connectivity index (χ1) is 14.3. The van der Waals surface area contributed by atoms with Gasteiger partial charge in [0.15, 0.2) is 0 Å². The standard InChI is InChI=1S/C23H22N4OS/c1-3-7-20-17(5-1)9-10-18(24-20)16-29-23-19-6-2-4-8-21(19)25-22(26-23)15-27-11-13-28-14-12-27/h1-10H,11-16H2. The fraction of sp³-hybridized carbons (Fsp3) is 0.261. The second-order valence-electron chi connectivity index (χ2n) is 7.13. The Bertz CT molecular complexity index is 1140. The van der Waals surface area contributed by atoms with Gasteiger partial charge in [0.2, 0.25) is 0 Å². The van der Waals surface area contributed by atoms with Crippen LogP contribution in [0.5, 0.6) is 0 Å². The molecule has 0 amide bonds. The second kappa shape index (κ2) is 8.45. The van der Waals surface area contributed by atoms with Crippen molar-refractivity contribution >= 4 is 33.6 Å². The summed E-state index contributed by atoms with van der Waals surface area (Å²) in [6, 6.07) is 20.7. The summed E-state index contributed by atoms with van der Waals surface area (Å²) in [4.78, 5) is 16.9. The highest BCUT2D eigenvalue weighted by Gasteiger charge is 2.15. The summed E-state index contributed by atoms with van der Waals surface area (Å²) in [7, 11) is 0. The maximum atomic E-state index is 5.46. The second-order valence-corrected chi connectivity index (χ2v) is 8.10. The Morgan fingerprint density at radius 2 is 1.62 bits per heavy atom. The van der Waals surface area contributed by atoms with Gasteiger partial charge in [0.1, 0.15) is 10.9 Å². The maximum Gasteiger partial charge on any atom is 0.144 e. The molecule has 4 aromatic rings. The summed E-state index contributed by atoms with van der Waals surface area (Å²) in [6.45, 7) is 4.18. The zero-order valence-electron chi connectivity index (χ0n) is 16.1. The number of ether oxygens (including phenoxy) is 1. The first kappa shape index (κ1) is 18.5. The number of hydrogen-bond donors (Lipinski definition) is 0. The smallest absolute Gasteiger partial charge is 0.144 e. The zero-order chi connectivity index (χ0) is 19.5. The van der Waals surface area contributed by atoms with Gasteiger partial charge >= 0.3 is 0 Å². The number of fused-ring (bicyclic) bond motifs is 2. The van der Waals surface area contributed by atoms with Gasteiger partial charge in [-0.15, -0.1) is 0 Å². The van der Waals surface area contributed by atoms with Gasteiger partial charge in [-0.2, -0.15) is 0 Å². The molecule has 2 aromatic carbocycles. The number of rotatable bonds is 5. The van der Waals surface area contributed by atoms with Crippen molar-refractivity contribution in [3.8, 4) is 0 Å². The summed E-state index contributed by atoms with van der Waals surface area (Å²) < 4.78 is 5.46. The van der Waals surface area contributed by atoms with Crippen LogP contribution in [0.4, 0.5) is 0 Å². The maximum absolute atomic E-state index is 5.46. The Morgan fingerprint density at radius 1 is 0.828 bits per heavy atom. The number of pyridine rings is 1. The van der Waals surface area contributed by atoms with Crippen LogP contribution in [0.2, 0.25) is 0 Å². The molecular weight excluding hydrogens is 380 g/mol. The number of aromatic nitrogens is 3. The Hall–Kier alpha value is -2.54. The van der Waals surface area contributed by atoms with Crippen LogP contribution >= 0.6 is 11.8 Å². The molecule has 1 fully saturated rings. The molecule has 0 saturated carbocycles. The summed E-state index contributed by atoms with van der Waals surface area (Å²) in [6.07, 6.45) is 0. The van der Waals surface area contributed by atoms with Gasteiger partial charge in [-0.05, 0) is 18.2 Å². The Labute approximate surface area is 174 Å². The molecule has 5 rings (SSSR count). The molecular formula is C23H22N4OS. The van der Waals surface area contributed by atoms with Gasteiger partial charge in [0.25, 0.3) is 0 Å². The van der Waals surface area contributed by atoms with Gasteiger partial charge < -0.3 is 4.74 Å². The summed E-state index contributed by atoms with van der Waals surface area (Å²) >= 11 is 1.73. The van der Waals surface area contributed by atoms with Crippen LogP contribution in [-0.2, 0) is 17.0 Å². The predicted molar refractivity (Wildman–Crippen MR) is 117 cm³/mol. The highest BCUT2D eigenvalue weighted by Crippen LogP contribution is 2.28. The van der Waals surface area contributed by atoms with E-state index in [4.69, 9.17) is 19.7 Å². The molecule has 0 spiro atoms. The van der Waals surface area contributed by atoms with E-state index in [1.165, 1.54) is 5.39 Å². The number of nitrogens with zero attached hydrogens (tertiary/aromatic N) is 4. The minimum Gasteiger partial charge on any atom is -0.379 e. The van der Waals surface area contributed by atoms with E-state index in [1.807, 2.05) is 24.3 Å². The monoisotopic (exact) mass is 402 g/mol. The average molecular weight is 403 g/mol. The fourth-order valence-corrected chi connectivity index (χ4v) is 4.51. The third-order valence-corrected chi connectivity index (χ3v) is 6.12. The van der Waals surface area contributed by atoms with Crippen molar-refractivity contribution in [3.63, 3.8) is 0 Å². The van der Waals surface area contributed by atoms with Gasteiger partial charge in [0, 0.05) is 29.6 Å². The lowest BCUT2D eigenvalue weighted by atomic mass is 10.2. The molecule has 6 heteroatoms. The van der Waals surface area contributed by atoms with Crippen LogP contribution < -0.4 is 0 Å². The van der Waals surface area contributed by atoms with Crippen molar-refractivity contribution in [3.05, 3.63) is 72.2 Å². The van der Waals surface area contributed by atoms with E-state index < -0.39 is 0 Å². The molecule has 146 valence electrons. The summed E-state index contributed by atoms with van der Waals surface area (Å²) in [5.74, 6) is 1.66. The van der Waals surface area contributed by atoms with Crippen molar-refractivity contribution < 1.29 is 4.74 Å². The van der Waals surface area contributed by atoms with E-state index >= 15 is 0 Å². The molecule has 29 heavy (non-hydrogen) atoms. The molecule has 0 bridgehead atoms. The third-order valence-electron chi connectivity index (χ3n) is 5.10. The Kier molecular flexibility index (Phi) is 5.39. The van der Waals surface area contributed by atoms with Gasteiger partial charge in [-0.25, -0.2) is 9.97 Å². The van der Waals surface area contributed by atoms with Crippen molar-refractivity contribution in [2.75, 3.05) is 26.3 Å². The van der Waals surface area contributed by atoms with E-state index in [-0.39, 0.29) is 0 Å². The first-order valence-electron chi connectivity index (χ1n) is 9.88. The molecule has 2 aromatic heterocycles. The molecule has 0 atom stereocenters. The zero-order valence-corrected chi connectivity index (χ0v) is 16.9. The molecule has 3 heterocycles. The molecule has 1 saturated heterocycles. The molecule has 0 unspecified atom stereocenters. The van der Waals surface area contributed by atoms with Crippen LogP contribution in [-0.4, -0.2) is 46.2 Å².